The van der Waals surface area contributed by atoms with E-state index in [0.717, 1.165) is 54.0 Å². The number of aromatic nitrogens is 2. The van der Waals surface area contributed by atoms with Gasteiger partial charge < -0.3 is 15.7 Å². The molecule has 0 fully saturated rings. The summed E-state index contributed by atoms with van der Waals surface area (Å²) in [6.07, 6.45) is 6.95. The first-order valence-electron chi connectivity index (χ1n) is 16.5. The zero-order chi connectivity index (χ0) is 36.7. The number of thiophene rings is 2. The van der Waals surface area contributed by atoms with Gasteiger partial charge in [-0.15, -0.1) is 22.7 Å². The maximum atomic E-state index is 12.4. The number of hydrogen-bond acceptors (Lipinski definition) is 9. The van der Waals surface area contributed by atoms with Crippen molar-refractivity contribution >= 4 is 77.5 Å². The van der Waals surface area contributed by atoms with Crippen molar-refractivity contribution in [2.24, 2.45) is 0 Å². The molecule has 8 rings (SSSR count). The molecule has 0 aliphatic heterocycles. The topological polar surface area (TPSA) is 117 Å². The number of hydrogen-bond donors (Lipinski definition) is 3. The summed E-state index contributed by atoms with van der Waals surface area (Å²) in [4.78, 5) is 38.0. The molecule has 3 N–H and O–H groups in total. The fourth-order valence-electron chi connectivity index (χ4n) is 5.63. The largest absolute Gasteiger partial charge is 0.477 e. The first-order chi connectivity index (χ1) is 25.9. The minimum absolute atomic E-state index is 0.179. The van der Waals surface area contributed by atoms with Crippen LogP contribution in [0.15, 0.2) is 146 Å². The van der Waals surface area contributed by atoms with Gasteiger partial charge in [-0.1, -0.05) is 84.9 Å². The summed E-state index contributed by atoms with van der Waals surface area (Å²) in [5.41, 5.74) is 8.20. The standard InChI is InChI=1S/C22H19N3O2S.C20H14N2O2S/c1-25(27-2)22(26)20-12-18-19(13-23-14-21(18)28-20)24-17-10-8-16(9-11-17)15-6-4-3-5-7-15;23-20(24)18-10-16-17(11-21-12-19(16)25-18)22-15-8-6-14(7-9-15)13-4-2-1-3-5-13/h3-14,24H,1-2H3;1-12,22H,(H,23,24). The molecule has 262 valence electrons. The number of rotatable bonds is 9. The molecule has 11 heteroatoms. The number of carboxylic acids is 1. The fourth-order valence-corrected chi connectivity index (χ4v) is 7.55. The molecular weight excluding hydrogens is 703 g/mol. The second-order valence-corrected chi connectivity index (χ2v) is 14.0. The number of hydroxylamine groups is 2. The molecule has 0 radical (unpaired) electrons. The maximum Gasteiger partial charge on any atom is 0.345 e. The number of benzene rings is 4. The highest BCUT2D eigenvalue weighted by atomic mass is 32.1. The van der Waals surface area contributed by atoms with Crippen molar-refractivity contribution in [3.05, 3.63) is 156 Å². The fraction of sp³-hybridized carbons (Fsp3) is 0.0476. The highest BCUT2D eigenvalue weighted by Crippen LogP contribution is 2.34. The van der Waals surface area contributed by atoms with Crippen LogP contribution in [0.1, 0.15) is 19.3 Å². The summed E-state index contributed by atoms with van der Waals surface area (Å²) in [5, 5.41) is 19.0. The van der Waals surface area contributed by atoms with Gasteiger partial charge in [-0.25, -0.2) is 9.86 Å². The Bertz CT molecular complexity index is 2500. The molecule has 0 saturated carbocycles. The van der Waals surface area contributed by atoms with Crippen LogP contribution in [0.2, 0.25) is 0 Å². The Morgan fingerprint density at radius 3 is 1.45 bits per heavy atom. The molecule has 0 spiro atoms. The van der Waals surface area contributed by atoms with Gasteiger partial charge in [-0.2, -0.15) is 0 Å². The molecule has 4 heterocycles. The van der Waals surface area contributed by atoms with Gasteiger partial charge in [-0.05, 0) is 58.7 Å². The van der Waals surface area contributed by atoms with Crippen LogP contribution in [0.3, 0.4) is 0 Å². The highest BCUT2D eigenvalue weighted by molar-refractivity contribution is 7.21. The van der Waals surface area contributed by atoms with Gasteiger partial charge >= 0.3 is 5.97 Å². The minimum Gasteiger partial charge on any atom is -0.477 e. The number of pyridine rings is 2. The number of anilines is 4. The Balaban J connectivity index is 0.000000165. The van der Waals surface area contributed by atoms with Crippen molar-refractivity contribution in [2.45, 2.75) is 0 Å². The number of aromatic carboxylic acids is 1. The molecule has 4 aromatic carbocycles. The molecule has 4 aromatic heterocycles. The van der Waals surface area contributed by atoms with E-state index in [9.17, 15) is 14.7 Å². The lowest BCUT2D eigenvalue weighted by atomic mass is 10.1. The van der Waals surface area contributed by atoms with Crippen molar-refractivity contribution in [3.63, 3.8) is 0 Å². The second kappa shape index (κ2) is 15.9. The van der Waals surface area contributed by atoms with Crippen LogP contribution in [-0.4, -0.2) is 46.2 Å². The van der Waals surface area contributed by atoms with Gasteiger partial charge in [0, 0.05) is 41.6 Å². The van der Waals surface area contributed by atoms with E-state index in [1.807, 2.05) is 66.7 Å². The molecule has 0 bridgehead atoms. The van der Waals surface area contributed by atoms with E-state index in [4.69, 9.17) is 4.84 Å². The van der Waals surface area contributed by atoms with E-state index in [-0.39, 0.29) is 5.91 Å². The molecule has 53 heavy (non-hydrogen) atoms. The third-order valence-electron chi connectivity index (χ3n) is 8.42. The van der Waals surface area contributed by atoms with Crippen molar-refractivity contribution in [3.8, 4) is 22.3 Å². The average molecular weight is 736 g/mol. The van der Waals surface area contributed by atoms with E-state index >= 15 is 0 Å². The molecule has 1 amide bonds. The Morgan fingerprint density at radius 2 is 1.02 bits per heavy atom. The van der Waals surface area contributed by atoms with E-state index in [0.29, 0.717) is 9.75 Å². The summed E-state index contributed by atoms with van der Waals surface area (Å²) in [6, 6.07) is 40.4. The van der Waals surface area contributed by atoms with E-state index in [1.165, 1.54) is 46.0 Å². The molecule has 9 nitrogen and oxygen atoms in total. The third-order valence-corrected chi connectivity index (χ3v) is 10.5. The Morgan fingerprint density at radius 1 is 0.604 bits per heavy atom. The van der Waals surface area contributed by atoms with Crippen LogP contribution in [0.5, 0.6) is 0 Å². The molecule has 0 aliphatic rings. The van der Waals surface area contributed by atoms with E-state index in [2.05, 4.69) is 69.1 Å². The smallest absolute Gasteiger partial charge is 0.345 e. The first kappa shape index (κ1) is 35.0. The third kappa shape index (κ3) is 8.08. The van der Waals surface area contributed by atoms with Gasteiger partial charge in [0.2, 0.25) is 0 Å². The van der Waals surface area contributed by atoms with Gasteiger partial charge in [0.05, 0.1) is 45.2 Å². The highest BCUT2D eigenvalue weighted by Gasteiger charge is 2.17. The Hall–Kier alpha value is -6.40. The summed E-state index contributed by atoms with van der Waals surface area (Å²) in [7, 11) is 3.07. The van der Waals surface area contributed by atoms with Crippen LogP contribution >= 0.6 is 22.7 Å². The number of nitrogens with one attached hydrogen (secondary N) is 2. The molecule has 0 saturated heterocycles. The van der Waals surface area contributed by atoms with E-state index in [1.54, 1.807) is 37.9 Å². The Labute approximate surface area is 313 Å². The zero-order valence-corrected chi connectivity index (χ0v) is 30.3. The number of carbonyl (C=O) groups excluding carboxylic acids is 1. The Kier molecular flexibility index (Phi) is 10.5. The van der Waals surface area contributed by atoms with Gasteiger partial charge in [0.25, 0.3) is 5.91 Å². The normalized spacial score (nSPS) is 10.8. The predicted molar refractivity (Wildman–Crippen MR) is 216 cm³/mol. The second-order valence-electron chi connectivity index (χ2n) is 11.8. The van der Waals surface area contributed by atoms with Crippen LogP contribution in [0.25, 0.3) is 42.4 Å². The van der Waals surface area contributed by atoms with E-state index < -0.39 is 5.97 Å². The lowest BCUT2D eigenvalue weighted by molar-refractivity contribution is -0.0753. The lowest BCUT2D eigenvalue weighted by Gasteiger charge is -2.11. The van der Waals surface area contributed by atoms with Crippen molar-refractivity contribution in [2.75, 3.05) is 24.8 Å². The lowest BCUT2D eigenvalue weighted by Crippen LogP contribution is -2.24. The average Bonchev–Trinajstić information content (AvgIpc) is 3.86. The quantitative estimate of drug-likeness (QED) is 0.125. The minimum atomic E-state index is -0.917. The number of fused-ring (bicyclic) bond motifs is 2. The molecule has 0 unspecified atom stereocenters. The number of nitrogens with zero attached hydrogens (tertiary/aromatic N) is 3. The van der Waals surface area contributed by atoms with Crippen molar-refractivity contribution in [1.82, 2.24) is 15.0 Å². The number of carbonyl (C=O) groups is 2. The maximum absolute atomic E-state index is 12.4. The van der Waals surface area contributed by atoms with Crippen LogP contribution in [0, 0.1) is 0 Å². The molecule has 0 atom stereocenters. The summed E-state index contributed by atoms with van der Waals surface area (Å²) < 4.78 is 1.79. The first-order valence-corrected chi connectivity index (χ1v) is 18.1. The molecule has 8 aromatic rings. The number of carboxylic acid groups (broad SMARTS) is 1. The van der Waals surface area contributed by atoms with Gasteiger partial charge in [0.1, 0.15) is 4.88 Å². The molecule has 0 aliphatic carbocycles. The van der Waals surface area contributed by atoms with Gasteiger partial charge in [0.15, 0.2) is 0 Å². The van der Waals surface area contributed by atoms with Crippen molar-refractivity contribution in [1.29, 1.82) is 0 Å². The van der Waals surface area contributed by atoms with Crippen LogP contribution in [0.4, 0.5) is 22.7 Å². The summed E-state index contributed by atoms with van der Waals surface area (Å²) in [5.74, 6) is -1.10. The van der Waals surface area contributed by atoms with Gasteiger partial charge in [-0.3, -0.25) is 19.6 Å². The molecular formula is C42H33N5O4S2. The van der Waals surface area contributed by atoms with Crippen LogP contribution in [-0.2, 0) is 4.84 Å². The van der Waals surface area contributed by atoms with Crippen LogP contribution < -0.4 is 10.6 Å². The predicted octanol–water partition coefficient (Wildman–Crippen LogP) is 10.7. The number of amides is 1. The zero-order valence-electron chi connectivity index (χ0n) is 28.7. The summed E-state index contributed by atoms with van der Waals surface area (Å²) in [6.45, 7) is 0. The summed E-state index contributed by atoms with van der Waals surface area (Å²) >= 11 is 2.63. The van der Waals surface area contributed by atoms with Crippen molar-refractivity contribution < 1.29 is 19.5 Å². The monoisotopic (exact) mass is 735 g/mol. The SMILES string of the molecule is CON(C)C(=O)c1cc2c(Nc3ccc(-c4ccccc4)cc3)cncc2s1.O=C(O)c1cc2c(Nc3ccc(-c4ccccc4)cc3)cncc2s1.